The summed E-state index contributed by atoms with van der Waals surface area (Å²) in [7, 11) is 0. The molecule has 0 N–H and O–H groups in total. The second-order valence-corrected chi connectivity index (χ2v) is 6.76. The van der Waals surface area contributed by atoms with Gasteiger partial charge in [-0.1, -0.05) is 12.1 Å². The highest BCUT2D eigenvalue weighted by molar-refractivity contribution is 5.71. The molecule has 1 aromatic heterocycles. The molecule has 0 unspecified atom stereocenters. The Morgan fingerprint density at radius 1 is 1.06 bits per heavy atom. The van der Waals surface area contributed by atoms with Crippen LogP contribution in [0.5, 0.6) is 5.75 Å². The molecule has 0 aliphatic carbocycles. The van der Waals surface area contributed by atoms with Crippen LogP contribution >= 0.6 is 0 Å². The van der Waals surface area contributed by atoms with Crippen molar-refractivity contribution in [2.45, 2.75) is 26.6 Å². The van der Waals surface area contributed by atoms with E-state index in [0.29, 0.717) is 35.3 Å². The van der Waals surface area contributed by atoms with Crippen molar-refractivity contribution in [1.82, 2.24) is 4.57 Å². The van der Waals surface area contributed by atoms with E-state index in [1.807, 2.05) is 6.92 Å². The summed E-state index contributed by atoms with van der Waals surface area (Å²) in [6.45, 7) is 4.26. The Kier molecular flexibility index (Phi) is 6.58. The molecule has 0 aliphatic rings. The number of pyridine rings is 1. The predicted molar refractivity (Wildman–Crippen MR) is 112 cm³/mol. The average molecular weight is 432 g/mol. The third-order valence-electron chi connectivity index (χ3n) is 4.70. The van der Waals surface area contributed by atoms with Gasteiger partial charge in [-0.2, -0.15) is 0 Å². The van der Waals surface area contributed by atoms with Gasteiger partial charge in [-0.25, -0.2) is 4.39 Å². The maximum absolute atomic E-state index is 13.4. The number of hydrogen-bond donors (Lipinski definition) is 0. The van der Waals surface area contributed by atoms with Gasteiger partial charge in [0.25, 0.3) is 5.56 Å². The minimum Gasteiger partial charge on any atom is -0.406 e. The Morgan fingerprint density at radius 2 is 1.71 bits per heavy atom. The molecule has 3 rings (SSSR count). The van der Waals surface area contributed by atoms with Crippen molar-refractivity contribution < 1.29 is 22.3 Å². The number of alkyl halides is 3. The maximum atomic E-state index is 13.4. The summed E-state index contributed by atoms with van der Waals surface area (Å²) in [6, 6.07) is 10.9. The van der Waals surface area contributed by atoms with Gasteiger partial charge in [0.05, 0.1) is 0 Å². The summed E-state index contributed by atoms with van der Waals surface area (Å²) in [6.07, 6.45) is -1.25. The van der Waals surface area contributed by atoms with Gasteiger partial charge in [-0.15, -0.1) is 13.2 Å². The summed E-state index contributed by atoms with van der Waals surface area (Å²) < 4.78 is 55.9. The molecule has 0 radical (unpaired) electrons. The Balaban J connectivity index is 2.13. The highest BCUT2D eigenvalue weighted by Gasteiger charge is 2.31. The first kappa shape index (κ1) is 22.3. The number of benzene rings is 2. The number of rotatable bonds is 6. The smallest absolute Gasteiger partial charge is 0.406 e. The molecule has 0 bridgehead atoms. The number of hydrogen-bond acceptors (Lipinski definition) is 3. The van der Waals surface area contributed by atoms with Gasteiger partial charge >= 0.3 is 6.36 Å². The second kappa shape index (κ2) is 9.16. The predicted octanol–water partition coefficient (Wildman–Crippen LogP) is 5.48. The summed E-state index contributed by atoms with van der Waals surface area (Å²) in [4.78, 5) is 17.3. The van der Waals surface area contributed by atoms with Crippen molar-refractivity contribution in [3.8, 4) is 22.6 Å². The van der Waals surface area contributed by atoms with E-state index >= 15 is 0 Å². The molecule has 0 fully saturated rings. The highest BCUT2D eigenvalue weighted by atomic mass is 19.4. The largest absolute Gasteiger partial charge is 0.573 e. The summed E-state index contributed by atoms with van der Waals surface area (Å²) in [5, 5.41) is 0. The molecule has 2 aromatic carbocycles. The number of aliphatic imine (C=N–C) groups is 1. The first-order chi connectivity index (χ1) is 14.7. The lowest BCUT2D eigenvalue weighted by molar-refractivity contribution is -0.274. The van der Waals surface area contributed by atoms with Crippen LogP contribution in [0.1, 0.15) is 18.1 Å². The first-order valence-corrected chi connectivity index (χ1v) is 9.55. The molecule has 0 saturated heterocycles. The molecular formula is C23H20F4N2O2. The van der Waals surface area contributed by atoms with E-state index < -0.39 is 6.36 Å². The van der Waals surface area contributed by atoms with Crippen molar-refractivity contribution in [3.63, 3.8) is 0 Å². The van der Waals surface area contributed by atoms with Crippen LogP contribution in [-0.4, -0.2) is 23.7 Å². The molecule has 8 heteroatoms. The molecule has 1 heterocycles. The van der Waals surface area contributed by atoms with Gasteiger partial charge in [0.15, 0.2) is 0 Å². The Bertz CT molecular complexity index is 1130. The van der Waals surface area contributed by atoms with Crippen molar-refractivity contribution in [3.05, 3.63) is 82.0 Å². The fraction of sp³-hybridized carbons (Fsp3) is 0.217. The average Bonchev–Trinajstić information content (AvgIpc) is 2.71. The zero-order valence-electron chi connectivity index (χ0n) is 16.9. The Labute approximate surface area is 176 Å². The van der Waals surface area contributed by atoms with Crippen molar-refractivity contribution >= 4 is 6.21 Å². The molecule has 0 spiro atoms. The Morgan fingerprint density at radius 3 is 2.29 bits per heavy atom. The van der Waals surface area contributed by atoms with E-state index in [-0.39, 0.29) is 17.1 Å². The van der Waals surface area contributed by atoms with Crippen LogP contribution in [0.3, 0.4) is 0 Å². The van der Waals surface area contributed by atoms with E-state index in [0.717, 1.165) is 17.7 Å². The van der Waals surface area contributed by atoms with Crippen molar-refractivity contribution in [2.75, 3.05) is 6.54 Å². The second-order valence-electron chi connectivity index (χ2n) is 6.76. The van der Waals surface area contributed by atoms with E-state index in [2.05, 4.69) is 9.73 Å². The third kappa shape index (κ3) is 5.39. The lowest BCUT2D eigenvalue weighted by Crippen LogP contribution is -2.24. The SMILES string of the molecule is CC/N=C/Cc1c(C)c(-c2ccc(F)cc2)cn(-c2ccc(OC(F)(F)F)cc2)c1=O. The minimum absolute atomic E-state index is 0.294. The van der Waals surface area contributed by atoms with Crippen LogP contribution in [0.2, 0.25) is 0 Å². The van der Waals surface area contributed by atoms with Crippen LogP contribution in [0.15, 0.2) is 64.5 Å². The van der Waals surface area contributed by atoms with Gasteiger partial charge in [0.1, 0.15) is 11.6 Å². The van der Waals surface area contributed by atoms with Crippen LogP contribution in [0, 0.1) is 12.7 Å². The monoisotopic (exact) mass is 432 g/mol. The van der Waals surface area contributed by atoms with Gasteiger partial charge in [-0.05, 0) is 61.4 Å². The highest BCUT2D eigenvalue weighted by Crippen LogP contribution is 2.27. The molecule has 0 aliphatic heterocycles. The normalized spacial score (nSPS) is 11.8. The standard InChI is InChI=1S/C23H20F4N2O2/c1-3-28-13-12-20-15(2)21(16-4-6-17(24)7-5-16)14-29(22(20)30)18-8-10-19(11-9-18)31-23(25,26)27/h4-11,13-14H,3,12H2,1-2H3/b28-13+. The van der Waals surface area contributed by atoms with E-state index in [1.54, 1.807) is 31.5 Å². The zero-order chi connectivity index (χ0) is 22.6. The van der Waals surface area contributed by atoms with Gasteiger partial charge in [0.2, 0.25) is 0 Å². The van der Waals surface area contributed by atoms with Crippen LogP contribution in [-0.2, 0) is 6.42 Å². The quantitative estimate of drug-likeness (QED) is 0.382. The minimum atomic E-state index is -4.80. The van der Waals surface area contributed by atoms with Crippen LogP contribution < -0.4 is 10.3 Å². The van der Waals surface area contributed by atoms with Crippen LogP contribution in [0.4, 0.5) is 17.6 Å². The fourth-order valence-electron chi connectivity index (χ4n) is 3.20. The molecular weight excluding hydrogens is 412 g/mol. The summed E-state index contributed by atoms with van der Waals surface area (Å²) in [5.41, 5.74) is 2.70. The van der Waals surface area contributed by atoms with Gasteiger partial charge in [-0.3, -0.25) is 14.4 Å². The summed E-state index contributed by atoms with van der Waals surface area (Å²) in [5.74, 6) is -0.768. The lowest BCUT2D eigenvalue weighted by Gasteiger charge is -2.16. The van der Waals surface area contributed by atoms with Crippen molar-refractivity contribution in [1.29, 1.82) is 0 Å². The van der Waals surface area contributed by atoms with E-state index in [4.69, 9.17) is 0 Å². The molecule has 0 saturated carbocycles. The zero-order valence-corrected chi connectivity index (χ0v) is 16.9. The topological polar surface area (TPSA) is 43.6 Å². The third-order valence-corrected chi connectivity index (χ3v) is 4.70. The molecule has 162 valence electrons. The van der Waals surface area contributed by atoms with Gasteiger partial charge in [0, 0.05) is 42.2 Å². The van der Waals surface area contributed by atoms with E-state index in [9.17, 15) is 22.4 Å². The number of halogens is 4. The number of ether oxygens (including phenoxy) is 1. The first-order valence-electron chi connectivity index (χ1n) is 9.55. The number of nitrogens with zero attached hydrogens (tertiary/aromatic N) is 2. The van der Waals surface area contributed by atoms with Gasteiger partial charge < -0.3 is 4.74 Å². The molecule has 4 nitrogen and oxygen atoms in total. The fourth-order valence-corrected chi connectivity index (χ4v) is 3.20. The van der Waals surface area contributed by atoms with Crippen LogP contribution in [0.25, 0.3) is 16.8 Å². The summed E-state index contributed by atoms with van der Waals surface area (Å²) >= 11 is 0. The number of aromatic nitrogens is 1. The van der Waals surface area contributed by atoms with Crippen molar-refractivity contribution in [2.24, 2.45) is 4.99 Å². The Hall–Kier alpha value is -3.42. The molecule has 0 atom stereocenters. The van der Waals surface area contributed by atoms with E-state index in [1.165, 1.54) is 28.8 Å². The lowest BCUT2D eigenvalue weighted by atomic mass is 9.97. The molecule has 31 heavy (non-hydrogen) atoms. The maximum Gasteiger partial charge on any atom is 0.573 e. The molecule has 0 amide bonds. The molecule has 3 aromatic rings.